The van der Waals surface area contributed by atoms with Crippen molar-refractivity contribution in [3.8, 4) is 0 Å². The van der Waals surface area contributed by atoms with Gasteiger partial charge in [0.15, 0.2) is 0 Å². The number of carbonyl (C=O) groups excluding carboxylic acids is 3. The first-order valence-electron chi connectivity index (χ1n) is 10.4. The molecular formula is C23H27N3O5. The minimum atomic E-state index is -0.919. The lowest BCUT2D eigenvalue weighted by Crippen LogP contribution is -2.41. The Hall–Kier alpha value is -3.23. The molecule has 2 aliphatic rings. The van der Waals surface area contributed by atoms with Gasteiger partial charge in [-0.1, -0.05) is 26.0 Å². The second kappa shape index (κ2) is 10.2. The molecule has 0 aromatic heterocycles. The predicted octanol–water partition coefficient (Wildman–Crippen LogP) is 2.15. The largest absolute Gasteiger partial charge is 0.389 e. The van der Waals surface area contributed by atoms with E-state index in [4.69, 9.17) is 4.74 Å². The van der Waals surface area contributed by atoms with E-state index in [1.807, 2.05) is 38.1 Å². The highest BCUT2D eigenvalue weighted by Gasteiger charge is 2.36. The van der Waals surface area contributed by atoms with Crippen molar-refractivity contribution in [2.75, 3.05) is 43.1 Å². The molecule has 2 aliphatic heterocycles. The molecule has 31 heavy (non-hydrogen) atoms. The number of ether oxygens (including phenoxy) is 1. The average Bonchev–Trinajstić information content (AvgIpc) is 3.05. The summed E-state index contributed by atoms with van der Waals surface area (Å²) in [6.07, 6.45) is -0.919. The number of aliphatic hydroxyl groups is 1. The molecule has 8 nitrogen and oxygen atoms in total. The fourth-order valence-corrected chi connectivity index (χ4v) is 3.47. The first kappa shape index (κ1) is 22.5. The lowest BCUT2D eigenvalue weighted by atomic mass is 10.1. The zero-order valence-corrected chi connectivity index (χ0v) is 17.7. The van der Waals surface area contributed by atoms with Gasteiger partial charge in [-0.05, 0) is 36.4 Å². The summed E-state index contributed by atoms with van der Waals surface area (Å²) in [5, 5.41) is 13.4. The number of nitrogens with one attached hydrogen (secondary N) is 1. The summed E-state index contributed by atoms with van der Waals surface area (Å²) >= 11 is 0. The standard InChI is InChI=1S/C21H21N3O5.C2H6/c25-16(12-24-20(27)17-3-1-2-4-18(17)21(24)28)11-22-14-5-7-15(8-6-14)23-9-10-29-13-19(23)26;1-2/h1-8,16,22,25H,9-13H2;1-2H3/t16-;/m0./s1. The molecule has 0 bridgehead atoms. The molecule has 2 heterocycles. The minimum absolute atomic E-state index is 0.0756. The van der Waals surface area contributed by atoms with E-state index in [0.29, 0.717) is 24.3 Å². The Morgan fingerprint density at radius 3 is 2.19 bits per heavy atom. The molecule has 2 aromatic rings. The molecule has 1 saturated heterocycles. The van der Waals surface area contributed by atoms with Crippen LogP contribution < -0.4 is 10.2 Å². The van der Waals surface area contributed by atoms with Gasteiger partial charge >= 0.3 is 0 Å². The van der Waals surface area contributed by atoms with Crippen LogP contribution >= 0.6 is 0 Å². The summed E-state index contributed by atoms with van der Waals surface area (Å²) in [4.78, 5) is 39.4. The van der Waals surface area contributed by atoms with Gasteiger partial charge in [0.2, 0.25) is 0 Å². The zero-order valence-electron chi connectivity index (χ0n) is 17.7. The molecule has 2 aromatic carbocycles. The summed E-state index contributed by atoms with van der Waals surface area (Å²) in [5.74, 6) is -0.846. The number of anilines is 2. The van der Waals surface area contributed by atoms with Crippen LogP contribution in [0.1, 0.15) is 34.6 Å². The number of amides is 3. The van der Waals surface area contributed by atoms with Gasteiger partial charge in [-0.25, -0.2) is 0 Å². The van der Waals surface area contributed by atoms with Gasteiger partial charge in [-0.15, -0.1) is 0 Å². The smallest absolute Gasteiger partial charge is 0.261 e. The fraction of sp³-hybridized carbons (Fsp3) is 0.348. The highest BCUT2D eigenvalue weighted by Crippen LogP contribution is 2.23. The van der Waals surface area contributed by atoms with Crippen LogP contribution in [0.25, 0.3) is 0 Å². The lowest BCUT2D eigenvalue weighted by molar-refractivity contribution is -0.125. The van der Waals surface area contributed by atoms with Crippen molar-refractivity contribution < 1.29 is 24.2 Å². The maximum atomic E-state index is 12.4. The number of benzene rings is 2. The average molecular weight is 425 g/mol. The van der Waals surface area contributed by atoms with Crippen molar-refractivity contribution in [1.29, 1.82) is 0 Å². The Morgan fingerprint density at radius 1 is 1.00 bits per heavy atom. The van der Waals surface area contributed by atoms with Crippen LogP contribution in [-0.4, -0.2) is 66.7 Å². The van der Waals surface area contributed by atoms with Crippen molar-refractivity contribution in [3.63, 3.8) is 0 Å². The van der Waals surface area contributed by atoms with Crippen LogP contribution in [0.4, 0.5) is 11.4 Å². The number of hydrogen-bond acceptors (Lipinski definition) is 6. The number of aliphatic hydroxyl groups excluding tert-OH is 1. The molecule has 1 atom stereocenters. The summed E-state index contributed by atoms with van der Waals surface area (Å²) in [6.45, 7) is 5.20. The normalized spacial score (nSPS) is 16.5. The van der Waals surface area contributed by atoms with Gasteiger partial charge in [0.05, 0.1) is 30.4 Å². The van der Waals surface area contributed by atoms with E-state index in [0.717, 1.165) is 16.3 Å². The zero-order chi connectivity index (χ0) is 22.4. The quantitative estimate of drug-likeness (QED) is 0.688. The molecule has 0 spiro atoms. The third-order valence-corrected chi connectivity index (χ3v) is 4.98. The van der Waals surface area contributed by atoms with Crippen molar-refractivity contribution in [2.45, 2.75) is 20.0 Å². The van der Waals surface area contributed by atoms with Crippen LogP contribution in [0.3, 0.4) is 0 Å². The summed E-state index contributed by atoms with van der Waals surface area (Å²) in [7, 11) is 0. The van der Waals surface area contributed by atoms with Gasteiger partial charge in [0, 0.05) is 24.5 Å². The Labute approximate surface area is 181 Å². The van der Waals surface area contributed by atoms with E-state index in [9.17, 15) is 19.5 Å². The van der Waals surface area contributed by atoms with Gasteiger partial charge in [0.1, 0.15) is 6.61 Å². The number of rotatable bonds is 6. The van der Waals surface area contributed by atoms with E-state index in [1.54, 1.807) is 29.2 Å². The van der Waals surface area contributed by atoms with Crippen LogP contribution in [-0.2, 0) is 9.53 Å². The number of nitrogens with zero attached hydrogens (tertiary/aromatic N) is 2. The Morgan fingerprint density at radius 2 is 1.61 bits per heavy atom. The van der Waals surface area contributed by atoms with Gasteiger partial charge in [-0.2, -0.15) is 0 Å². The predicted molar refractivity (Wildman–Crippen MR) is 117 cm³/mol. The monoisotopic (exact) mass is 425 g/mol. The topological polar surface area (TPSA) is 99.2 Å². The molecule has 0 unspecified atom stereocenters. The number of imide groups is 1. The maximum absolute atomic E-state index is 12.4. The Balaban J connectivity index is 0.00000132. The highest BCUT2D eigenvalue weighted by atomic mass is 16.5. The number of β-amino-alcohol motifs (C(OH)–C–C–N with tert-alkyl or cyclic N) is 1. The molecule has 1 fully saturated rings. The number of hydrogen-bond donors (Lipinski definition) is 2. The maximum Gasteiger partial charge on any atom is 0.261 e. The van der Waals surface area contributed by atoms with E-state index < -0.39 is 6.10 Å². The molecule has 3 amide bonds. The van der Waals surface area contributed by atoms with Crippen LogP contribution in [0.15, 0.2) is 48.5 Å². The van der Waals surface area contributed by atoms with Gasteiger partial charge in [0.25, 0.3) is 17.7 Å². The molecule has 164 valence electrons. The van der Waals surface area contributed by atoms with Crippen LogP contribution in [0.2, 0.25) is 0 Å². The first-order valence-corrected chi connectivity index (χ1v) is 10.4. The highest BCUT2D eigenvalue weighted by molar-refractivity contribution is 6.21. The summed E-state index contributed by atoms with van der Waals surface area (Å²) in [5.41, 5.74) is 2.28. The molecular weight excluding hydrogens is 398 g/mol. The van der Waals surface area contributed by atoms with Crippen LogP contribution in [0, 0.1) is 0 Å². The van der Waals surface area contributed by atoms with E-state index in [1.165, 1.54) is 0 Å². The molecule has 0 saturated carbocycles. The van der Waals surface area contributed by atoms with Crippen molar-refractivity contribution in [3.05, 3.63) is 59.7 Å². The third kappa shape index (κ3) is 4.92. The van der Waals surface area contributed by atoms with E-state index in [-0.39, 0.29) is 37.4 Å². The van der Waals surface area contributed by atoms with Crippen LogP contribution in [0.5, 0.6) is 0 Å². The third-order valence-electron chi connectivity index (χ3n) is 4.98. The van der Waals surface area contributed by atoms with Crippen molar-refractivity contribution in [1.82, 2.24) is 4.90 Å². The number of fused-ring (bicyclic) bond motifs is 1. The van der Waals surface area contributed by atoms with E-state index in [2.05, 4.69) is 5.32 Å². The minimum Gasteiger partial charge on any atom is -0.389 e. The molecule has 8 heteroatoms. The van der Waals surface area contributed by atoms with Crippen molar-refractivity contribution in [2.24, 2.45) is 0 Å². The molecule has 0 aliphatic carbocycles. The Kier molecular flexibility index (Phi) is 7.38. The number of carbonyl (C=O) groups is 3. The SMILES string of the molecule is CC.O=C1c2ccccc2C(=O)N1C[C@@H](O)CNc1ccc(N2CCOCC2=O)cc1. The molecule has 4 rings (SSSR count). The second-order valence-electron chi connectivity index (χ2n) is 6.95. The lowest BCUT2D eigenvalue weighted by Gasteiger charge is -2.27. The van der Waals surface area contributed by atoms with E-state index >= 15 is 0 Å². The Bertz CT molecular complexity index is 909. The number of morpholine rings is 1. The van der Waals surface area contributed by atoms with Gasteiger partial charge < -0.3 is 20.1 Å². The summed E-state index contributed by atoms with van der Waals surface area (Å²) in [6, 6.07) is 13.9. The fourth-order valence-electron chi connectivity index (χ4n) is 3.47. The first-order chi connectivity index (χ1) is 15.0. The summed E-state index contributed by atoms with van der Waals surface area (Å²) < 4.78 is 5.13. The van der Waals surface area contributed by atoms with Gasteiger partial charge in [-0.3, -0.25) is 19.3 Å². The van der Waals surface area contributed by atoms with Crippen molar-refractivity contribution >= 4 is 29.1 Å². The molecule has 2 N–H and O–H groups in total. The molecule has 0 radical (unpaired) electrons. The second-order valence-corrected chi connectivity index (χ2v) is 6.95.